The Kier molecular flexibility index (Phi) is 10.0. The summed E-state index contributed by atoms with van der Waals surface area (Å²) in [6.45, 7) is 4.25. The molecular formula is C34H35FN2O5. The van der Waals surface area contributed by atoms with Gasteiger partial charge in [-0.05, 0) is 59.9 Å². The number of ether oxygens (including phenoxy) is 1. The van der Waals surface area contributed by atoms with E-state index < -0.39 is 24.3 Å². The van der Waals surface area contributed by atoms with Gasteiger partial charge >= 0.3 is 5.97 Å². The maximum Gasteiger partial charge on any atom is 0.313 e. The molecule has 0 bridgehead atoms. The van der Waals surface area contributed by atoms with Crippen LogP contribution in [-0.2, 0) is 20.9 Å². The van der Waals surface area contributed by atoms with Crippen LogP contribution in [0.25, 0.3) is 22.4 Å². The molecule has 1 amide bonds. The lowest BCUT2D eigenvalue weighted by Crippen LogP contribution is -2.20. The number of ketones is 1. The van der Waals surface area contributed by atoms with Crippen molar-refractivity contribution in [2.24, 2.45) is 0 Å². The first-order valence-electron chi connectivity index (χ1n) is 13.9. The van der Waals surface area contributed by atoms with Crippen LogP contribution >= 0.6 is 0 Å². The first-order valence-corrected chi connectivity index (χ1v) is 13.9. The van der Waals surface area contributed by atoms with Gasteiger partial charge in [0.2, 0.25) is 0 Å². The van der Waals surface area contributed by atoms with E-state index >= 15 is 0 Å². The third-order valence-corrected chi connectivity index (χ3v) is 7.01. The van der Waals surface area contributed by atoms with Gasteiger partial charge < -0.3 is 19.7 Å². The number of rotatable bonds is 12. The van der Waals surface area contributed by atoms with Crippen molar-refractivity contribution in [2.75, 3.05) is 12.4 Å². The average molecular weight is 571 g/mol. The van der Waals surface area contributed by atoms with E-state index in [1.807, 2.05) is 79.1 Å². The van der Waals surface area contributed by atoms with Crippen molar-refractivity contribution in [3.8, 4) is 22.4 Å². The number of carbonyl (C=O) groups is 3. The smallest absolute Gasteiger partial charge is 0.313 e. The molecule has 4 aromatic rings. The molecule has 0 radical (unpaired) electrons. The zero-order valence-corrected chi connectivity index (χ0v) is 24.0. The highest BCUT2D eigenvalue weighted by atomic mass is 19.1. The summed E-state index contributed by atoms with van der Waals surface area (Å²) in [5.41, 5.74) is 4.78. The fourth-order valence-electron chi connectivity index (χ4n) is 5.16. The molecule has 42 heavy (non-hydrogen) atoms. The van der Waals surface area contributed by atoms with E-state index in [9.17, 15) is 23.9 Å². The van der Waals surface area contributed by atoms with Crippen molar-refractivity contribution in [2.45, 2.75) is 51.7 Å². The number of Topliss-reactive ketones (excluding diaryl/α,β-unsaturated/α-hetero) is 1. The summed E-state index contributed by atoms with van der Waals surface area (Å²) < 4.78 is 20.6. The molecule has 218 valence electrons. The number of nitrogens with one attached hydrogen (secondary N) is 1. The van der Waals surface area contributed by atoms with E-state index in [4.69, 9.17) is 0 Å². The Bertz CT molecular complexity index is 1530. The first kappa shape index (κ1) is 30.4. The first-order chi connectivity index (χ1) is 20.2. The molecule has 2 N–H and O–H groups in total. The summed E-state index contributed by atoms with van der Waals surface area (Å²) in [4.78, 5) is 37.9. The minimum Gasteiger partial charge on any atom is -0.469 e. The summed E-state index contributed by atoms with van der Waals surface area (Å²) in [7, 11) is 1.21. The van der Waals surface area contributed by atoms with Crippen LogP contribution in [0.4, 0.5) is 10.1 Å². The fraction of sp³-hybridized carbons (Fsp3) is 0.265. The normalized spacial score (nSPS) is 11.8. The highest BCUT2D eigenvalue weighted by Crippen LogP contribution is 2.42. The summed E-state index contributed by atoms with van der Waals surface area (Å²) in [6.07, 6.45) is -1.44. The number of aromatic nitrogens is 1. The van der Waals surface area contributed by atoms with Crippen LogP contribution < -0.4 is 5.32 Å². The van der Waals surface area contributed by atoms with Gasteiger partial charge in [-0.3, -0.25) is 14.4 Å². The molecule has 0 aliphatic heterocycles. The van der Waals surface area contributed by atoms with Crippen LogP contribution in [0, 0.1) is 5.82 Å². The van der Waals surface area contributed by atoms with E-state index in [0.29, 0.717) is 28.1 Å². The molecule has 1 heterocycles. The molecule has 0 saturated carbocycles. The number of carbonyl (C=O) groups excluding carboxylic acids is 3. The minimum atomic E-state index is -1.02. The van der Waals surface area contributed by atoms with Crippen molar-refractivity contribution in [1.29, 1.82) is 0 Å². The highest BCUT2D eigenvalue weighted by molar-refractivity contribution is 6.12. The maximum atomic E-state index is 14.1. The number of nitrogens with zero attached hydrogens (tertiary/aromatic N) is 1. The largest absolute Gasteiger partial charge is 0.469 e. The Hall–Kier alpha value is -4.56. The highest BCUT2D eigenvalue weighted by Gasteiger charge is 2.31. The number of hydrogen-bond donors (Lipinski definition) is 2. The van der Waals surface area contributed by atoms with Gasteiger partial charge in [-0.1, -0.05) is 62.4 Å². The quantitative estimate of drug-likeness (QED) is 0.148. The van der Waals surface area contributed by atoms with Gasteiger partial charge in [0.05, 0.1) is 24.5 Å². The summed E-state index contributed by atoms with van der Waals surface area (Å²) in [5, 5.41) is 13.8. The van der Waals surface area contributed by atoms with Crippen LogP contribution in [0.1, 0.15) is 55.1 Å². The van der Waals surface area contributed by atoms with E-state index in [1.54, 1.807) is 12.1 Å². The Labute approximate surface area is 245 Å². The lowest BCUT2D eigenvalue weighted by Gasteiger charge is -2.19. The van der Waals surface area contributed by atoms with E-state index in [2.05, 4.69) is 10.1 Å². The van der Waals surface area contributed by atoms with Crippen molar-refractivity contribution in [3.63, 3.8) is 0 Å². The third kappa shape index (κ3) is 7.19. The number of hydrogen-bond acceptors (Lipinski definition) is 5. The number of para-hydroxylation sites is 1. The maximum absolute atomic E-state index is 14.1. The number of aliphatic hydroxyl groups is 1. The second-order valence-corrected chi connectivity index (χ2v) is 10.4. The van der Waals surface area contributed by atoms with Crippen LogP contribution in [0.2, 0.25) is 0 Å². The van der Waals surface area contributed by atoms with Crippen molar-refractivity contribution < 1.29 is 28.6 Å². The summed E-state index contributed by atoms with van der Waals surface area (Å²) in [5.74, 6) is -1.86. The molecule has 1 aromatic heterocycles. The van der Waals surface area contributed by atoms with Gasteiger partial charge in [0.15, 0.2) is 0 Å². The molecule has 8 heteroatoms. The average Bonchev–Trinajstić information content (AvgIpc) is 3.33. The molecule has 1 atom stereocenters. The van der Waals surface area contributed by atoms with Gasteiger partial charge in [0.25, 0.3) is 5.91 Å². The monoisotopic (exact) mass is 570 g/mol. The number of methoxy groups -OCH3 is 1. The Morgan fingerprint density at radius 3 is 2.12 bits per heavy atom. The van der Waals surface area contributed by atoms with Crippen LogP contribution in [0.3, 0.4) is 0 Å². The van der Waals surface area contributed by atoms with Crippen molar-refractivity contribution >= 4 is 23.3 Å². The van der Waals surface area contributed by atoms with E-state index in [-0.39, 0.29) is 37.0 Å². The molecule has 0 spiro atoms. The van der Waals surface area contributed by atoms with E-state index in [1.165, 1.54) is 19.2 Å². The third-order valence-electron chi connectivity index (χ3n) is 7.01. The zero-order valence-electron chi connectivity index (χ0n) is 24.0. The number of benzene rings is 3. The van der Waals surface area contributed by atoms with Gasteiger partial charge in [0.1, 0.15) is 18.0 Å². The number of amides is 1. The molecule has 0 aliphatic rings. The van der Waals surface area contributed by atoms with Crippen LogP contribution in [0.5, 0.6) is 0 Å². The van der Waals surface area contributed by atoms with Crippen LogP contribution in [-0.4, -0.2) is 40.5 Å². The Morgan fingerprint density at radius 2 is 1.52 bits per heavy atom. The molecule has 0 saturated heterocycles. The Morgan fingerprint density at radius 1 is 0.905 bits per heavy atom. The zero-order chi connectivity index (χ0) is 30.2. The summed E-state index contributed by atoms with van der Waals surface area (Å²) >= 11 is 0. The molecular weight excluding hydrogens is 535 g/mol. The number of halogens is 1. The lowest BCUT2D eigenvalue weighted by atomic mass is 9.94. The second kappa shape index (κ2) is 13.9. The molecule has 7 nitrogen and oxygen atoms in total. The van der Waals surface area contributed by atoms with E-state index in [0.717, 1.165) is 11.3 Å². The van der Waals surface area contributed by atoms with Gasteiger partial charge in [-0.2, -0.15) is 0 Å². The van der Waals surface area contributed by atoms with Gasteiger partial charge in [-0.15, -0.1) is 0 Å². The van der Waals surface area contributed by atoms with Crippen molar-refractivity contribution in [1.82, 2.24) is 4.57 Å². The van der Waals surface area contributed by atoms with Crippen LogP contribution in [0.15, 0.2) is 84.9 Å². The van der Waals surface area contributed by atoms with Crippen molar-refractivity contribution in [3.05, 3.63) is 102 Å². The summed E-state index contributed by atoms with van der Waals surface area (Å²) in [6, 6.07) is 24.8. The van der Waals surface area contributed by atoms with Gasteiger partial charge in [-0.25, -0.2) is 4.39 Å². The minimum absolute atomic E-state index is 0.115. The fourth-order valence-corrected chi connectivity index (χ4v) is 5.16. The predicted octanol–water partition coefficient (Wildman–Crippen LogP) is 6.61. The van der Waals surface area contributed by atoms with Gasteiger partial charge in [0, 0.05) is 29.9 Å². The number of esters is 1. The molecule has 4 rings (SSSR count). The topological polar surface area (TPSA) is 97.6 Å². The number of aliphatic hydroxyl groups excluding tert-OH is 1. The molecule has 3 aromatic carbocycles. The Balaban J connectivity index is 1.87. The molecule has 0 fully saturated rings. The molecule has 0 aliphatic carbocycles. The second-order valence-electron chi connectivity index (χ2n) is 10.4. The predicted molar refractivity (Wildman–Crippen MR) is 161 cm³/mol. The number of anilines is 1. The molecule has 1 unspecified atom stereocenters. The standard InChI is InChI=1S/C34H35FN2O5/c1-22(2)32-31(34(41)36-26-12-8-5-9-13-26)30(23-10-6-4-7-11-23)33(24-14-16-25(35)17-15-24)37(32)19-18-27(38)20-28(39)21-29(40)42-3/h4-17,22,27,38H,18-21H2,1-3H3,(H,36,41). The SMILES string of the molecule is COC(=O)CC(=O)CC(O)CCn1c(-c2ccc(F)cc2)c(-c2ccccc2)c(C(=O)Nc2ccccc2)c1C(C)C. The lowest BCUT2D eigenvalue weighted by molar-refractivity contribution is -0.143.